The summed E-state index contributed by atoms with van der Waals surface area (Å²) in [6.45, 7) is 4.88. The third kappa shape index (κ3) is 7.38. The van der Waals surface area contributed by atoms with Crippen molar-refractivity contribution in [1.29, 1.82) is 0 Å². The van der Waals surface area contributed by atoms with Gasteiger partial charge >= 0.3 is 0 Å². The fourth-order valence-corrected chi connectivity index (χ4v) is 4.63. The van der Waals surface area contributed by atoms with Crippen LogP contribution in [0.2, 0.25) is 0 Å². The highest BCUT2D eigenvalue weighted by molar-refractivity contribution is 6.27. The Labute approximate surface area is 213 Å². The van der Waals surface area contributed by atoms with Gasteiger partial charge in [0.2, 0.25) is 11.8 Å². The van der Waals surface area contributed by atoms with Gasteiger partial charge in [-0.1, -0.05) is 62.1 Å². The molecule has 1 aliphatic rings. The number of amides is 2. The van der Waals surface area contributed by atoms with Crippen LogP contribution in [0.3, 0.4) is 0 Å². The fourth-order valence-electron chi connectivity index (χ4n) is 4.48. The molecule has 0 heterocycles. The van der Waals surface area contributed by atoms with Crippen LogP contribution in [0.25, 0.3) is 0 Å². The molecule has 0 aliphatic heterocycles. The number of aryl methyl sites for hydroxylation is 1. The first kappa shape index (κ1) is 26.9. The van der Waals surface area contributed by atoms with Gasteiger partial charge in [0.25, 0.3) is 0 Å². The maximum absolute atomic E-state index is 13.8. The molecule has 6 nitrogen and oxygen atoms in total. The normalized spacial score (nSPS) is 14.7. The van der Waals surface area contributed by atoms with Gasteiger partial charge in [0.15, 0.2) is 11.5 Å². The van der Waals surface area contributed by atoms with Crippen LogP contribution in [0, 0.1) is 6.92 Å². The molecule has 0 spiro atoms. The maximum atomic E-state index is 13.8. The first-order valence-corrected chi connectivity index (χ1v) is 13.0. The van der Waals surface area contributed by atoms with Crippen molar-refractivity contribution >= 4 is 23.4 Å². The molecule has 0 saturated heterocycles. The zero-order valence-electron chi connectivity index (χ0n) is 21.0. The van der Waals surface area contributed by atoms with Crippen molar-refractivity contribution in [3.05, 3.63) is 59.2 Å². The molecule has 1 N–H and O–H groups in total. The third-order valence-corrected chi connectivity index (χ3v) is 6.61. The summed E-state index contributed by atoms with van der Waals surface area (Å²) in [5.41, 5.74) is 2.71. The Hall–Kier alpha value is -2.73. The maximum Gasteiger partial charge on any atom is 0.247 e. The van der Waals surface area contributed by atoms with Crippen LogP contribution < -0.4 is 14.8 Å². The van der Waals surface area contributed by atoms with Crippen molar-refractivity contribution in [3.63, 3.8) is 0 Å². The lowest BCUT2D eigenvalue weighted by Crippen LogP contribution is -2.47. The number of nitrogens with zero attached hydrogens (tertiary/aromatic N) is 1. The number of hydrogen-bond donors (Lipinski definition) is 1. The van der Waals surface area contributed by atoms with Crippen LogP contribution in [0.5, 0.6) is 11.5 Å². The van der Waals surface area contributed by atoms with Gasteiger partial charge in [-0.05, 0) is 49.4 Å². The average molecular weight is 501 g/mol. The number of halogens is 1. The molecule has 0 radical (unpaired) electrons. The Morgan fingerprint density at radius 3 is 2.43 bits per heavy atom. The van der Waals surface area contributed by atoms with E-state index >= 15 is 0 Å². The molecule has 1 atom stereocenters. The Bertz CT molecular complexity index is 973. The van der Waals surface area contributed by atoms with Gasteiger partial charge in [0.05, 0.1) is 13.7 Å². The van der Waals surface area contributed by atoms with E-state index in [9.17, 15) is 9.59 Å². The van der Waals surface area contributed by atoms with E-state index in [1.165, 1.54) is 6.42 Å². The second-order valence-electron chi connectivity index (χ2n) is 9.15. The molecule has 2 aromatic rings. The number of carbonyl (C=O) groups is 2. The predicted octanol–water partition coefficient (Wildman–Crippen LogP) is 5.55. The number of carbonyl (C=O) groups excluding carboxylic acids is 2. The van der Waals surface area contributed by atoms with Gasteiger partial charge in [-0.15, -0.1) is 11.6 Å². The lowest BCUT2D eigenvalue weighted by atomic mass is 9.94. The van der Waals surface area contributed by atoms with Gasteiger partial charge in [-0.3, -0.25) is 9.59 Å². The lowest BCUT2D eigenvalue weighted by Gasteiger charge is -2.33. The van der Waals surface area contributed by atoms with Gasteiger partial charge in [-0.25, -0.2) is 0 Å². The van der Waals surface area contributed by atoms with Gasteiger partial charge in [0.1, 0.15) is 11.9 Å². The van der Waals surface area contributed by atoms with Crippen molar-refractivity contribution in [2.45, 2.75) is 71.0 Å². The summed E-state index contributed by atoms with van der Waals surface area (Å²) < 4.78 is 11.4. The molecule has 2 amide bonds. The summed E-state index contributed by atoms with van der Waals surface area (Å²) in [4.78, 5) is 28.4. The monoisotopic (exact) mass is 500 g/mol. The molecule has 2 aromatic carbocycles. The topological polar surface area (TPSA) is 67.9 Å². The van der Waals surface area contributed by atoms with Crippen LogP contribution in [-0.2, 0) is 16.1 Å². The minimum Gasteiger partial charge on any atom is -0.493 e. The quantitative estimate of drug-likeness (QED) is 0.411. The zero-order valence-corrected chi connectivity index (χ0v) is 21.8. The standard InChI is InChI=1S/C28H37ClN2O4/c1-4-16-35-24-15-14-22(17-25(24)34-3)27(28(33)30-23-8-6-5-7-9-23)31(26(32)18-29)19-21-12-10-20(2)11-13-21/h10-15,17,23,27H,4-9,16,18-19H2,1-3H3,(H,30,33)/t27-/m1/s1. The molecule has 3 rings (SSSR count). The molecule has 1 saturated carbocycles. The number of hydrogen-bond acceptors (Lipinski definition) is 4. The summed E-state index contributed by atoms with van der Waals surface area (Å²) >= 11 is 6.04. The van der Waals surface area contributed by atoms with Crippen LogP contribution in [0.15, 0.2) is 42.5 Å². The third-order valence-electron chi connectivity index (χ3n) is 6.38. The van der Waals surface area contributed by atoms with Crippen LogP contribution >= 0.6 is 11.6 Å². The molecule has 0 unspecified atom stereocenters. The first-order chi connectivity index (χ1) is 17.0. The van der Waals surface area contributed by atoms with Gasteiger partial charge < -0.3 is 19.7 Å². The first-order valence-electron chi connectivity index (χ1n) is 12.5. The Morgan fingerprint density at radius 2 is 1.80 bits per heavy atom. The molecular formula is C28H37ClN2O4. The summed E-state index contributed by atoms with van der Waals surface area (Å²) in [5.74, 6) is 0.417. The summed E-state index contributed by atoms with van der Waals surface area (Å²) in [7, 11) is 1.57. The minimum absolute atomic E-state index is 0.111. The number of ether oxygens (including phenoxy) is 2. The smallest absolute Gasteiger partial charge is 0.247 e. The molecule has 7 heteroatoms. The summed E-state index contributed by atoms with van der Waals surface area (Å²) in [6.07, 6.45) is 6.16. The molecule has 190 valence electrons. The summed E-state index contributed by atoms with van der Waals surface area (Å²) in [5, 5.41) is 3.21. The molecule has 0 aromatic heterocycles. The molecule has 1 fully saturated rings. The van der Waals surface area contributed by atoms with Crippen LogP contribution in [-0.4, -0.2) is 42.4 Å². The second-order valence-corrected chi connectivity index (χ2v) is 9.41. The second kappa shape index (κ2) is 13.4. The van der Waals surface area contributed by atoms with Crippen molar-refractivity contribution in [1.82, 2.24) is 10.2 Å². The van der Waals surface area contributed by atoms with E-state index in [2.05, 4.69) is 5.32 Å². The molecule has 35 heavy (non-hydrogen) atoms. The zero-order chi connectivity index (χ0) is 25.2. The Kier molecular flexibility index (Phi) is 10.3. The predicted molar refractivity (Wildman–Crippen MR) is 139 cm³/mol. The lowest BCUT2D eigenvalue weighted by molar-refractivity contribution is -0.140. The minimum atomic E-state index is -0.849. The number of methoxy groups -OCH3 is 1. The fraction of sp³-hybridized carbons (Fsp3) is 0.500. The molecule has 0 bridgehead atoms. The van der Waals surface area contributed by atoms with Crippen LogP contribution in [0.4, 0.5) is 0 Å². The number of nitrogens with one attached hydrogen (secondary N) is 1. The summed E-state index contributed by atoms with van der Waals surface area (Å²) in [6, 6.07) is 12.6. The number of benzene rings is 2. The largest absolute Gasteiger partial charge is 0.493 e. The molecule has 1 aliphatic carbocycles. The van der Waals surface area contributed by atoms with E-state index in [1.807, 2.05) is 44.2 Å². The molecular weight excluding hydrogens is 464 g/mol. The van der Waals surface area contributed by atoms with Crippen LogP contribution in [0.1, 0.15) is 68.2 Å². The van der Waals surface area contributed by atoms with Gasteiger partial charge in [-0.2, -0.15) is 0 Å². The van der Waals surface area contributed by atoms with E-state index in [1.54, 1.807) is 24.1 Å². The van der Waals surface area contributed by atoms with E-state index < -0.39 is 6.04 Å². The highest BCUT2D eigenvalue weighted by Gasteiger charge is 2.33. The average Bonchev–Trinajstić information content (AvgIpc) is 2.88. The Morgan fingerprint density at radius 1 is 1.09 bits per heavy atom. The van der Waals surface area contributed by atoms with Crippen molar-refractivity contribution < 1.29 is 19.1 Å². The van der Waals surface area contributed by atoms with E-state index in [0.29, 0.717) is 23.7 Å². The van der Waals surface area contributed by atoms with E-state index in [-0.39, 0.29) is 30.3 Å². The number of alkyl halides is 1. The highest BCUT2D eigenvalue weighted by atomic mass is 35.5. The highest BCUT2D eigenvalue weighted by Crippen LogP contribution is 2.34. The Balaban J connectivity index is 1.99. The van der Waals surface area contributed by atoms with E-state index in [4.69, 9.17) is 21.1 Å². The number of rotatable bonds is 11. The van der Waals surface area contributed by atoms with Crippen molar-refractivity contribution in [3.8, 4) is 11.5 Å². The van der Waals surface area contributed by atoms with Crippen molar-refractivity contribution in [2.24, 2.45) is 0 Å². The van der Waals surface area contributed by atoms with Crippen molar-refractivity contribution in [2.75, 3.05) is 19.6 Å². The SMILES string of the molecule is CCCOc1ccc([C@H](C(=O)NC2CCCCC2)N(Cc2ccc(C)cc2)C(=O)CCl)cc1OC. The van der Waals surface area contributed by atoms with E-state index in [0.717, 1.165) is 43.2 Å². The van der Waals surface area contributed by atoms with Gasteiger partial charge in [0, 0.05) is 12.6 Å².